The summed E-state index contributed by atoms with van der Waals surface area (Å²) in [7, 11) is 1.80. The lowest BCUT2D eigenvalue weighted by atomic mass is 10.1. The Hall–Kier alpha value is -2.83. The quantitative estimate of drug-likeness (QED) is 0.571. The molecule has 23 heavy (non-hydrogen) atoms. The summed E-state index contributed by atoms with van der Waals surface area (Å²) >= 11 is 0. The molecule has 7 heteroatoms. The highest BCUT2D eigenvalue weighted by molar-refractivity contribution is 5.98. The van der Waals surface area contributed by atoms with Gasteiger partial charge in [0.2, 0.25) is 0 Å². The van der Waals surface area contributed by atoms with Gasteiger partial charge in [-0.15, -0.1) is 4.68 Å². The van der Waals surface area contributed by atoms with E-state index in [1.54, 1.807) is 24.8 Å². The normalized spacial score (nSPS) is 11.6. The highest BCUT2D eigenvalue weighted by atomic mass is 16.1. The maximum atomic E-state index is 11.5. The number of tetrazole rings is 1. The number of Topliss-reactive ketones (excluding diaryl/α,β-unsaturated/α-hetero) is 1. The molecule has 0 amide bonds. The Morgan fingerprint density at radius 2 is 2.26 bits per heavy atom. The number of aryl methyl sites for hydroxylation is 2. The van der Waals surface area contributed by atoms with Crippen molar-refractivity contribution in [2.45, 2.75) is 26.8 Å². The molecular formula is C16H19N6O+. The van der Waals surface area contributed by atoms with Crippen molar-refractivity contribution in [3.8, 4) is 0 Å². The van der Waals surface area contributed by atoms with Gasteiger partial charge in [0.05, 0.1) is 22.4 Å². The predicted octanol–water partition coefficient (Wildman–Crippen LogP) is 1.46. The number of hydrogen-bond acceptors (Lipinski definition) is 4. The van der Waals surface area contributed by atoms with E-state index >= 15 is 0 Å². The molecule has 1 aromatic carbocycles. The van der Waals surface area contributed by atoms with Crippen molar-refractivity contribution in [3.05, 3.63) is 41.4 Å². The molecule has 0 radical (unpaired) electrons. The summed E-state index contributed by atoms with van der Waals surface area (Å²) in [5.74, 6) is 0.862. The van der Waals surface area contributed by atoms with Crippen LogP contribution in [0.1, 0.15) is 35.7 Å². The predicted molar refractivity (Wildman–Crippen MR) is 85.7 cm³/mol. The van der Waals surface area contributed by atoms with Crippen molar-refractivity contribution in [1.29, 1.82) is 0 Å². The summed E-state index contributed by atoms with van der Waals surface area (Å²) in [5, 5.41) is 16.8. The molecule has 7 nitrogen and oxygen atoms in total. The van der Waals surface area contributed by atoms with Crippen LogP contribution in [0.5, 0.6) is 0 Å². The maximum Gasteiger partial charge on any atom is 0.322 e. The van der Waals surface area contributed by atoms with Crippen LogP contribution in [0, 0.1) is 0 Å². The van der Waals surface area contributed by atoms with Crippen molar-refractivity contribution < 1.29 is 9.48 Å². The lowest BCUT2D eigenvalue weighted by Gasteiger charge is -1.97. The van der Waals surface area contributed by atoms with Gasteiger partial charge in [-0.05, 0) is 36.8 Å². The number of H-pyrrole nitrogens is 1. The molecule has 0 bridgehead atoms. The van der Waals surface area contributed by atoms with Gasteiger partial charge in [0.25, 0.3) is 0 Å². The number of benzene rings is 1. The summed E-state index contributed by atoms with van der Waals surface area (Å²) in [6.07, 6.45) is 4.64. The van der Waals surface area contributed by atoms with Gasteiger partial charge in [0.1, 0.15) is 7.05 Å². The first-order valence-corrected chi connectivity index (χ1v) is 7.54. The number of rotatable bonds is 5. The van der Waals surface area contributed by atoms with Gasteiger partial charge >= 0.3 is 5.82 Å². The van der Waals surface area contributed by atoms with Gasteiger partial charge < -0.3 is 0 Å². The Kier molecular flexibility index (Phi) is 4.01. The zero-order chi connectivity index (χ0) is 16.4. The fourth-order valence-corrected chi connectivity index (χ4v) is 2.49. The second-order valence-electron chi connectivity index (χ2n) is 5.35. The summed E-state index contributed by atoms with van der Waals surface area (Å²) in [4.78, 5) is 13.1. The summed E-state index contributed by atoms with van der Waals surface area (Å²) in [5.41, 5.74) is 2.54. The highest BCUT2D eigenvalue weighted by Gasteiger charge is 2.12. The third-order valence-electron chi connectivity index (χ3n) is 3.68. The molecule has 0 atom stereocenters. The molecule has 2 aromatic heterocycles. The van der Waals surface area contributed by atoms with Crippen LogP contribution in [0.15, 0.2) is 24.3 Å². The Balaban J connectivity index is 1.85. The van der Waals surface area contributed by atoms with E-state index in [0.717, 1.165) is 29.0 Å². The lowest BCUT2D eigenvalue weighted by molar-refractivity contribution is -0.754. The van der Waals surface area contributed by atoms with Crippen LogP contribution in [0.3, 0.4) is 0 Å². The third-order valence-corrected chi connectivity index (χ3v) is 3.68. The number of aromatic amines is 1. The topological polar surface area (TPSA) is 80.3 Å². The summed E-state index contributed by atoms with van der Waals surface area (Å²) < 4.78 is 1.83. The smallest absolute Gasteiger partial charge is 0.295 e. The molecule has 0 unspecified atom stereocenters. The molecule has 0 aliphatic rings. The van der Waals surface area contributed by atoms with Crippen LogP contribution in [-0.2, 0) is 20.0 Å². The Bertz CT molecular complexity index is 889. The minimum Gasteiger partial charge on any atom is -0.295 e. The average molecular weight is 311 g/mol. The van der Waals surface area contributed by atoms with Crippen LogP contribution in [-0.4, -0.2) is 31.1 Å². The van der Waals surface area contributed by atoms with E-state index in [1.165, 1.54) is 0 Å². The first-order valence-electron chi connectivity index (χ1n) is 7.54. The van der Waals surface area contributed by atoms with E-state index < -0.39 is 0 Å². The van der Waals surface area contributed by atoms with Crippen molar-refractivity contribution in [2.75, 3.05) is 0 Å². The number of allylic oxidation sites excluding steroid dienone is 1. The van der Waals surface area contributed by atoms with Crippen LogP contribution in [0.2, 0.25) is 0 Å². The average Bonchev–Trinajstić information content (AvgIpc) is 3.10. The number of ketones is 1. The van der Waals surface area contributed by atoms with Gasteiger partial charge in [0, 0.05) is 29.1 Å². The molecule has 0 saturated carbocycles. The molecule has 3 aromatic rings. The number of fused-ring (bicyclic) bond motifs is 1. The van der Waals surface area contributed by atoms with E-state index in [-0.39, 0.29) is 5.78 Å². The largest absolute Gasteiger partial charge is 0.322 e. The molecule has 2 heterocycles. The number of carbonyl (C=O) groups is 1. The molecule has 1 N–H and O–H groups in total. The first-order chi connectivity index (χ1) is 11.1. The Morgan fingerprint density at radius 1 is 1.43 bits per heavy atom. The third kappa shape index (κ3) is 3.03. The van der Waals surface area contributed by atoms with Crippen molar-refractivity contribution in [1.82, 2.24) is 25.3 Å². The van der Waals surface area contributed by atoms with E-state index in [9.17, 15) is 4.79 Å². The minimum atomic E-state index is 0.0538. The second-order valence-corrected chi connectivity index (χ2v) is 5.35. The van der Waals surface area contributed by atoms with Crippen LogP contribution in [0.4, 0.5) is 0 Å². The first kappa shape index (κ1) is 15.1. The van der Waals surface area contributed by atoms with Crippen LogP contribution < -0.4 is 4.68 Å². The molecule has 118 valence electrons. The lowest BCUT2D eigenvalue weighted by Crippen LogP contribution is -2.37. The van der Waals surface area contributed by atoms with Gasteiger partial charge in [-0.2, -0.15) is 5.10 Å². The zero-order valence-corrected chi connectivity index (χ0v) is 13.4. The van der Waals surface area contributed by atoms with Gasteiger partial charge in [-0.25, -0.2) is 0 Å². The molecule has 0 spiro atoms. The van der Waals surface area contributed by atoms with Gasteiger partial charge in [0.15, 0.2) is 5.78 Å². The standard InChI is InChI=1S/C16H18N6O/c1-4-22-16(19-21(3)20-22)7-5-6-14-13-10-12(11(2)23)8-9-15(13)18-17-14/h5,7-10H,4,6H2,1-3H3/p+1. The monoisotopic (exact) mass is 311 g/mol. The van der Waals surface area contributed by atoms with Gasteiger partial charge in [-0.3, -0.25) is 9.89 Å². The van der Waals surface area contributed by atoms with Crippen molar-refractivity contribution >= 4 is 22.8 Å². The molecule has 0 fully saturated rings. The van der Waals surface area contributed by atoms with E-state index in [2.05, 4.69) is 20.5 Å². The van der Waals surface area contributed by atoms with E-state index in [1.807, 2.05) is 35.9 Å². The number of hydrogen-bond donors (Lipinski definition) is 1. The Labute approximate surface area is 133 Å². The van der Waals surface area contributed by atoms with E-state index in [0.29, 0.717) is 12.0 Å². The number of aromatic nitrogens is 6. The van der Waals surface area contributed by atoms with E-state index in [4.69, 9.17) is 0 Å². The number of carbonyl (C=O) groups excluding carboxylic acids is 1. The molecule has 0 saturated heterocycles. The zero-order valence-electron chi connectivity index (χ0n) is 13.4. The highest BCUT2D eigenvalue weighted by Crippen LogP contribution is 2.19. The van der Waals surface area contributed by atoms with Crippen molar-refractivity contribution in [3.63, 3.8) is 0 Å². The summed E-state index contributed by atoms with van der Waals surface area (Å²) in [6, 6.07) is 5.55. The SMILES string of the molecule is CC[n+]1nn(C)nc1C=CCc1[nH]nc2ccc(C(C)=O)cc12. The molecule has 0 aliphatic heterocycles. The summed E-state index contributed by atoms with van der Waals surface area (Å²) in [6.45, 7) is 4.36. The Morgan fingerprint density at radius 3 is 3.00 bits per heavy atom. The fraction of sp³-hybridized carbons (Fsp3) is 0.312. The van der Waals surface area contributed by atoms with Gasteiger partial charge in [-0.1, -0.05) is 6.08 Å². The number of nitrogens with zero attached hydrogens (tertiary/aromatic N) is 5. The maximum absolute atomic E-state index is 11.5. The molecule has 0 aliphatic carbocycles. The van der Waals surface area contributed by atoms with Crippen LogP contribution in [0.25, 0.3) is 17.0 Å². The fourth-order valence-electron chi connectivity index (χ4n) is 2.49. The minimum absolute atomic E-state index is 0.0538. The molecular weight excluding hydrogens is 292 g/mol. The number of nitrogens with one attached hydrogen (secondary N) is 1. The molecule has 3 rings (SSSR count). The van der Waals surface area contributed by atoms with Crippen LogP contribution >= 0.6 is 0 Å². The van der Waals surface area contributed by atoms with Crippen molar-refractivity contribution in [2.24, 2.45) is 7.05 Å². The second kappa shape index (κ2) is 6.12.